The summed E-state index contributed by atoms with van der Waals surface area (Å²) in [4.78, 5) is 11.8. The lowest BCUT2D eigenvalue weighted by molar-refractivity contribution is 0.0635. The zero-order chi connectivity index (χ0) is 14.8. The van der Waals surface area contributed by atoms with Gasteiger partial charge in [0.15, 0.2) is 0 Å². The summed E-state index contributed by atoms with van der Waals surface area (Å²) in [6.45, 7) is 9.12. The normalized spacial score (nSPS) is 12.2. The summed E-state index contributed by atoms with van der Waals surface area (Å²) in [5.41, 5.74) is 6.27. The molecular weight excluding hydrogens is 264 g/mol. The smallest absolute Gasteiger partial charge is 0.412 e. The Kier molecular flexibility index (Phi) is 4.48. The van der Waals surface area contributed by atoms with Gasteiger partial charge >= 0.3 is 6.09 Å². The van der Waals surface area contributed by atoms with Crippen LogP contribution in [-0.2, 0) is 10.3 Å². The van der Waals surface area contributed by atoms with Crippen LogP contribution in [0, 0.1) is 0 Å². The van der Waals surface area contributed by atoms with Gasteiger partial charge in [-0.1, -0.05) is 11.6 Å². The van der Waals surface area contributed by atoms with E-state index in [4.69, 9.17) is 22.1 Å². The van der Waals surface area contributed by atoms with Crippen molar-refractivity contribution in [3.63, 3.8) is 0 Å². The second-order valence-electron chi connectivity index (χ2n) is 6.04. The van der Waals surface area contributed by atoms with Gasteiger partial charge in [0, 0.05) is 16.2 Å². The summed E-state index contributed by atoms with van der Waals surface area (Å²) in [5.74, 6) is 0. The van der Waals surface area contributed by atoms with Gasteiger partial charge in [0.1, 0.15) is 5.60 Å². The second-order valence-corrected chi connectivity index (χ2v) is 6.47. The number of benzene rings is 1. The van der Waals surface area contributed by atoms with Gasteiger partial charge in [0.2, 0.25) is 0 Å². The molecule has 1 amide bonds. The van der Waals surface area contributed by atoms with E-state index in [-0.39, 0.29) is 0 Å². The van der Waals surface area contributed by atoms with Crippen molar-refractivity contribution >= 4 is 23.4 Å². The maximum atomic E-state index is 11.8. The van der Waals surface area contributed by atoms with Gasteiger partial charge in [-0.2, -0.15) is 0 Å². The molecule has 0 atom stereocenters. The van der Waals surface area contributed by atoms with Crippen LogP contribution in [0.3, 0.4) is 0 Å². The highest BCUT2D eigenvalue weighted by atomic mass is 35.5. The number of hydrogen-bond donors (Lipinski definition) is 2. The van der Waals surface area contributed by atoms with Crippen molar-refractivity contribution in [2.24, 2.45) is 5.73 Å². The summed E-state index contributed by atoms with van der Waals surface area (Å²) >= 11 is 5.97. The van der Waals surface area contributed by atoms with Crippen molar-refractivity contribution in [1.82, 2.24) is 0 Å². The fourth-order valence-electron chi connectivity index (χ4n) is 1.57. The lowest BCUT2D eigenvalue weighted by atomic mass is 9.94. The molecule has 106 valence electrons. The third-order valence-electron chi connectivity index (χ3n) is 2.31. The summed E-state index contributed by atoms with van der Waals surface area (Å²) in [5, 5.41) is 3.27. The number of anilines is 1. The predicted molar refractivity (Wildman–Crippen MR) is 78.5 cm³/mol. The number of nitrogens with two attached hydrogens (primary N) is 1. The third kappa shape index (κ3) is 5.09. The van der Waals surface area contributed by atoms with E-state index >= 15 is 0 Å². The maximum absolute atomic E-state index is 11.8. The zero-order valence-corrected chi connectivity index (χ0v) is 12.8. The molecule has 0 bridgehead atoms. The van der Waals surface area contributed by atoms with E-state index in [0.29, 0.717) is 10.7 Å². The second kappa shape index (κ2) is 5.39. The third-order valence-corrected chi connectivity index (χ3v) is 2.55. The molecule has 5 heteroatoms. The summed E-state index contributed by atoms with van der Waals surface area (Å²) in [6.07, 6.45) is -0.514. The lowest BCUT2D eigenvalue weighted by Gasteiger charge is -2.25. The first kappa shape index (κ1) is 15.8. The number of hydrogen-bond acceptors (Lipinski definition) is 3. The van der Waals surface area contributed by atoms with Gasteiger partial charge in [-0.05, 0) is 58.4 Å². The summed E-state index contributed by atoms with van der Waals surface area (Å²) in [7, 11) is 0. The Bertz CT molecular complexity index is 473. The SMILES string of the molecule is CC(C)(C)OC(=O)Nc1ccc(Cl)cc1C(C)(C)N. The quantitative estimate of drug-likeness (QED) is 0.866. The van der Waals surface area contributed by atoms with Crippen LogP contribution in [0.2, 0.25) is 5.02 Å². The van der Waals surface area contributed by atoms with E-state index in [2.05, 4.69) is 5.32 Å². The average Bonchev–Trinajstić information content (AvgIpc) is 2.16. The topological polar surface area (TPSA) is 64.3 Å². The molecule has 1 aromatic rings. The van der Waals surface area contributed by atoms with Crippen LogP contribution < -0.4 is 11.1 Å². The Morgan fingerprint density at radius 2 is 1.84 bits per heavy atom. The first-order valence-electron chi connectivity index (χ1n) is 6.08. The number of carbonyl (C=O) groups is 1. The number of rotatable bonds is 2. The van der Waals surface area contributed by atoms with Gasteiger partial charge < -0.3 is 10.5 Å². The molecule has 0 saturated heterocycles. The summed E-state index contributed by atoms with van der Waals surface area (Å²) in [6, 6.07) is 5.16. The number of carbonyl (C=O) groups excluding carboxylic acids is 1. The molecule has 0 unspecified atom stereocenters. The van der Waals surface area contributed by atoms with E-state index < -0.39 is 17.2 Å². The highest BCUT2D eigenvalue weighted by molar-refractivity contribution is 6.30. The zero-order valence-electron chi connectivity index (χ0n) is 12.0. The van der Waals surface area contributed by atoms with E-state index in [1.54, 1.807) is 18.2 Å². The van der Waals surface area contributed by atoms with Crippen LogP contribution in [-0.4, -0.2) is 11.7 Å². The molecule has 0 fully saturated rings. The Hall–Kier alpha value is -1.26. The van der Waals surface area contributed by atoms with Crippen LogP contribution in [0.15, 0.2) is 18.2 Å². The first-order chi connectivity index (χ1) is 8.49. The molecule has 0 aliphatic rings. The van der Waals surface area contributed by atoms with Crippen molar-refractivity contribution < 1.29 is 9.53 Å². The molecule has 4 nitrogen and oxygen atoms in total. The largest absolute Gasteiger partial charge is 0.444 e. The fourth-order valence-corrected chi connectivity index (χ4v) is 1.74. The molecule has 0 aliphatic carbocycles. The molecular formula is C14H21ClN2O2. The van der Waals surface area contributed by atoms with Gasteiger partial charge in [0.25, 0.3) is 0 Å². The minimum Gasteiger partial charge on any atom is -0.444 e. The van der Waals surface area contributed by atoms with E-state index in [1.807, 2.05) is 34.6 Å². The molecule has 1 aromatic carbocycles. The number of nitrogens with one attached hydrogen (secondary N) is 1. The fraction of sp³-hybridized carbons (Fsp3) is 0.500. The van der Waals surface area contributed by atoms with Gasteiger partial charge in [-0.15, -0.1) is 0 Å². The van der Waals surface area contributed by atoms with Crippen LogP contribution >= 0.6 is 11.6 Å². The van der Waals surface area contributed by atoms with Gasteiger partial charge in [-0.3, -0.25) is 5.32 Å². The Labute approximate surface area is 119 Å². The highest BCUT2D eigenvalue weighted by Gasteiger charge is 2.22. The molecule has 0 aromatic heterocycles. The molecule has 1 rings (SSSR count). The van der Waals surface area contributed by atoms with Crippen LogP contribution in [0.25, 0.3) is 0 Å². The molecule has 3 N–H and O–H groups in total. The predicted octanol–water partition coefficient (Wildman–Crippen LogP) is 3.88. The number of halogens is 1. The van der Waals surface area contributed by atoms with Crippen molar-refractivity contribution in [2.45, 2.75) is 45.8 Å². The van der Waals surface area contributed by atoms with Crippen LogP contribution in [0.4, 0.5) is 10.5 Å². The molecule has 0 spiro atoms. The first-order valence-corrected chi connectivity index (χ1v) is 6.46. The summed E-state index contributed by atoms with van der Waals surface area (Å²) < 4.78 is 5.22. The van der Waals surface area contributed by atoms with Crippen LogP contribution in [0.1, 0.15) is 40.2 Å². The van der Waals surface area contributed by atoms with Gasteiger partial charge in [-0.25, -0.2) is 4.79 Å². The molecule has 19 heavy (non-hydrogen) atoms. The van der Waals surface area contributed by atoms with Crippen LogP contribution in [0.5, 0.6) is 0 Å². The molecule has 0 heterocycles. The lowest BCUT2D eigenvalue weighted by Crippen LogP contribution is -2.32. The van der Waals surface area contributed by atoms with Crippen molar-refractivity contribution in [2.75, 3.05) is 5.32 Å². The highest BCUT2D eigenvalue weighted by Crippen LogP contribution is 2.29. The van der Waals surface area contributed by atoms with Crippen molar-refractivity contribution in [3.8, 4) is 0 Å². The van der Waals surface area contributed by atoms with E-state index in [0.717, 1.165) is 5.56 Å². The Balaban J connectivity index is 2.99. The standard InChI is InChI=1S/C14H21ClN2O2/c1-13(2,3)19-12(18)17-11-7-6-9(15)8-10(11)14(4,5)16/h6-8H,16H2,1-5H3,(H,17,18). The van der Waals surface area contributed by atoms with E-state index in [9.17, 15) is 4.79 Å². The van der Waals surface area contributed by atoms with E-state index in [1.165, 1.54) is 0 Å². The minimum absolute atomic E-state index is 0.514. The molecule has 0 saturated carbocycles. The number of amides is 1. The maximum Gasteiger partial charge on any atom is 0.412 e. The molecule has 0 radical (unpaired) electrons. The van der Waals surface area contributed by atoms with Crippen molar-refractivity contribution in [1.29, 1.82) is 0 Å². The van der Waals surface area contributed by atoms with Gasteiger partial charge in [0.05, 0.1) is 0 Å². The Morgan fingerprint density at radius 3 is 2.32 bits per heavy atom. The minimum atomic E-state index is -0.616. The van der Waals surface area contributed by atoms with Crippen molar-refractivity contribution in [3.05, 3.63) is 28.8 Å². The average molecular weight is 285 g/mol. The number of ether oxygens (including phenoxy) is 1. The Morgan fingerprint density at radius 1 is 1.26 bits per heavy atom. The molecule has 0 aliphatic heterocycles. The monoisotopic (exact) mass is 284 g/mol.